The highest BCUT2D eigenvalue weighted by Crippen LogP contribution is 2.24. The summed E-state index contributed by atoms with van der Waals surface area (Å²) in [4.78, 5) is 2.42. The molecule has 0 radical (unpaired) electrons. The summed E-state index contributed by atoms with van der Waals surface area (Å²) in [5.74, 6) is 1.25. The average Bonchev–Trinajstić information content (AvgIpc) is 2.75. The van der Waals surface area contributed by atoms with E-state index in [1.54, 1.807) is 0 Å². The van der Waals surface area contributed by atoms with E-state index in [1.165, 1.54) is 17.1 Å². The molecule has 0 amide bonds. The van der Waals surface area contributed by atoms with Crippen LogP contribution < -0.4 is 9.58 Å². The number of hydrogen-bond acceptors (Lipinski definition) is 2. The van der Waals surface area contributed by atoms with Gasteiger partial charge in [0.25, 0.3) is 5.82 Å². The monoisotopic (exact) mass is 286 g/mol. The van der Waals surface area contributed by atoms with Crippen molar-refractivity contribution in [3.63, 3.8) is 0 Å². The fraction of sp³-hybridized carbons (Fsp3) is 0.471. The van der Waals surface area contributed by atoms with Gasteiger partial charge in [-0.3, -0.25) is 4.90 Å². The molecule has 1 saturated heterocycles. The Morgan fingerprint density at radius 3 is 2.33 bits per heavy atom. The lowest BCUT2D eigenvalue weighted by molar-refractivity contribution is -0.739. The predicted octanol–water partition coefficient (Wildman–Crippen LogP) is 2.13. The van der Waals surface area contributed by atoms with Crippen LogP contribution in [0.25, 0.3) is 11.3 Å². The van der Waals surface area contributed by atoms with Gasteiger partial charge in [0.1, 0.15) is 20.1 Å². The van der Waals surface area contributed by atoms with Crippen LogP contribution in [0.1, 0.15) is 13.8 Å². The summed E-state index contributed by atoms with van der Waals surface area (Å²) in [7, 11) is 4.23. The Labute approximate surface area is 126 Å². The lowest BCUT2D eigenvalue weighted by atomic mass is 10.1. The first kappa shape index (κ1) is 14.1. The molecule has 2 heterocycles. The number of nitrogens with zero attached hydrogens (tertiary/aromatic N) is 3. The number of morpholine rings is 1. The Bertz CT molecular complexity index is 610. The van der Waals surface area contributed by atoms with Gasteiger partial charge in [-0.25, -0.2) is 4.68 Å². The summed E-state index contributed by atoms with van der Waals surface area (Å²) in [6.45, 7) is 6.17. The molecule has 0 saturated carbocycles. The second-order valence-corrected chi connectivity index (χ2v) is 5.96. The first-order chi connectivity index (χ1) is 10.1. The van der Waals surface area contributed by atoms with Gasteiger partial charge in [0.15, 0.2) is 0 Å². The highest BCUT2D eigenvalue weighted by molar-refractivity contribution is 5.62. The molecule has 1 aliphatic rings. The summed E-state index contributed by atoms with van der Waals surface area (Å²) in [5, 5.41) is 0. The third kappa shape index (κ3) is 2.68. The van der Waals surface area contributed by atoms with Crippen LogP contribution in [0.4, 0.5) is 5.82 Å². The van der Waals surface area contributed by atoms with E-state index in [-0.39, 0.29) is 12.2 Å². The van der Waals surface area contributed by atoms with Crippen LogP contribution >= 0.6 is 0 Å². The molecule has 0 spiro atoms. The van der Waals surface area contributed by atoms with Crippen molar-refractivity contribution >= 4 is 5.82 Å². The summed E-state index contributed by atoms with van der Waals surface area (Å²) in [6, 6.07) is 12.8. The number of anilines is 1. The third-order valence-electron chi connectivity index (χ3n) is 4.21. The lowest BCUT2D eigenvalue weighted by Crippen LogP contribution is -2.51. The Kier molecular flexibility index (Phi) is 3.72. The first-order valence-electron chi connectivity index (χ1n) is 7.58. The number of ether oxygens (including phenoxy) is 1. The van der Waals surface area contributed by atoms with Crippen molar-refractivity contribution < 1.29 is 9.42 Å². The molecule has 1 aliphatic heterocycles. The molecule has 112 valence electrons. The molecular weight excluding hydrogens is 262 g/mol. The van der Waals surface area contributed by atoms with Gasteiger partial charge in [-0.2, -0.15) is 4.68 Å². The van der Waals surface area contributed by atoms with Crippen molar-refractivity contribution in [1.82, 2.24) is 4.68 Å². The molecule has 1 fully saturated rings. The fourth-order valence-electron chi connectivity index (χ4n) is 3.16. The standard InChI is InChI=1S/C17H24N3O/c1-13-11-20(12-14(2)21-13)17-10-16(18(3)19(17)4)15-8-6-5-7-9-15/h5-10,13-14H,11-12H2,1-4H3/q+1. The van der Waals surface area contributed by atoms with E-state index in [2.05, 4.69) is 78.6 Å². The lowest BCUT2D eigenvalue weighted by Gasteiger charge is -2.30. The van der Waals surface area contributed by atoms with Gasteiger partial charge in [-0.1, -0.05) is 30.3 Å². The smallest absolute Gasteiger partial charge is 0.297 e. The minimum atomic E-state index is 0.272. The number of benzene rings is 1. The van der Waals surface area contributed by atoms with E-state index in [9.17, 15) is 0 Å². The third-order valence-corrected chi connectivity index (χ3v) is 4.21. The number of aromatic nitrogens is 2. The van der Waals surface area contributed by atoms with E-state index in [1.807, 2.05) is 0 Å². The molecule has 1 aromatic carbocycles. The molecular formula is C17H24N3O+. The topological polar surface area (TPSA) is 21.3 Å². The molecule has 21 heavy (non-hydrogen) atoms. The van der Waals surface area contributed by atoms with Gasteiger partial charge in [-0.05, 0) is 13.8 Å². The van der Waals surface area contributed by atoms with Crippen LogP contribution in [0.15, 0.2) is 36.4 Å². The Morgan fingerprint density at radius 1 is 1.10 bits per heavy atom. The number of rotatable bonds is 2. The van der Waals surface area contributed by atoms with Gasteiger partial charge in [0.05, 0.1) is 24.0 Å². The fourth-order valence-corrected chi connectivity index (χ4v) is 3.16. The van der Waals surface area contributed by atoms with Gasteiger partial charge >= 0.3 is 0 Å². The van der Waals surface area contributed by atoms with Crippen LogP contribution in [0.2, 0.25) is 0 Å². The van der Waals surface area contributed by atoms with Gasteiger partial charge in [-0.15, -0.1) is 0 Å². The summed E-state index contributed by atoms with van der Waals surface area (Å²) < 4.78 is 10.3. The zero-order chi connectivity index (χ0) is 15.0. The van der Waals surface area contributed by atoms with Gasteiger partial charge in [0.2, 0.25) is 0 Å². The zero-order valence-electron chi connectivity index (χ0n) is 13.3. The van der Waals surface area contributed by atoms with Crippen molar-refractivity contribution in [3.05, 3.63) is 36.4 Å². The van der Waals surface area contributed by atoms with Crippen molar-refractivity contribution in [2.24, 2.45) is 14.1 Å². The summed E-state index contributed by atoms with van der Waals surface area (Å²) in [5.41, 5.74) is 2.48. The maximum absolute atomic E-state index is 5.84. The van der Waals surface area contributed by atoms with Crippen molar-refractivity contribution in [1.29, 1.82) is 0 Å². The Morgan fingerprint density at radius 2 is 1.71 bits per heavy atom. The van der Waals surface area contributed by atoms with Crippen LogP contribution in [0.5, 0.6) is 0 Å². The molecule has 4 nitrogen and oxygen atoms in total. The molecule has 0 bridgehead atoms. The molecule has 2 atom stereocenters. The molecule has 2 aromatic rings. The minimum absolute atomic E-state index is 0.272. The van der Waals surface area contributed by atoms with Crippen LogP contribution in [0, 0.1) is 0 Å². The zero-order valence-corrected chi connectivity index (χ0v) is 13.3. The van der Waals surface area contributed by atoms with Crippen molar-refractivity contribution in [2.45, 2.75) is 26.1 Å². The van der Waals surface area contributed by atoms with Crippen LogP contribution in [0.3, 0.4) is 0 Å². The predicted molar refractivity (Wildman–Crippen MR) is 84.2 cm³/mol. The van der Waals surface area contributed by atoms with E-state index in [0.29, 0.717) is 0 Å². The SMILES string of the molecule is CC1CN(c2cc(-c3ccccc3)n(C)[n+]2C)CC(C)O1. The quantitative estimate of drug-likeness (QED) is 0.789. The van der Waals surface area contributed by atoms with Crippen LogP contribution in [-0.2, 0) is 18.8 Å². The van der Waals surface area contributed by atoms with Gasteiger partial charge < -0.3 is 4.74 Å². The molecule has 1 aromatic heterocycles. The largest absolute Gasteiger partial charge is 0.367 e. The Hall–Kier alpha value is -1.81. The maximum Gasteiger partial charge on any atom is 0.297 e. The number of hydrogen-bond donors (Lipinski definition) is 0. The van der Waals surface area contributed by atoms with E-state index < -0.39 is 0 Å². The molecule has 4 heteroatoms. The van der Waals surface area contributed by atoms with E-state index in [4.69, 9.17) is 4.74 Å². The highest BCUT2D eigenvalue weighted by Gasteiger charge is 2.31. The summed E-state index contributed by atoms with van der Waals surface area (Å²) in [6.07, 6.45) is 0.545. The minimum Gasteiger partial charge on any atom is -0.367 e. The highest BCUT2D eigenvalue weighted by atomic mass is 16.5. The molecule has 2 unspecified atom stereocenters. The molecule has 0 N–H and O–H groups in total. The Balaban J connectivity index is 1.97. The van der Waals surface area contributed by atoms with E-state index in [0.717, 1.165) is 13.1 Å². The molecule has 0 aliphatic carbocycles. The average molecular weight is 286 g/mol. The van der Waals surface area contributed by atoms with E-state index >= 15 is 0 Å². The van der Waals surface area contributed by atoms with Gasteiger partial charge in [0, 0.05) is 12.6 Å². The second kappa shape index (κ2) is 5.53. The van der Waals surface area contributed by atoms with Crippen molar-refractivity contribution in [3.8, 4) is 11.3 Å². The maximum atomic E-state index is 5.84. The van der Waals surface area contributed by atoms with Crippen LogP contribution in [-0.4, -0.2) is 30.0 Å². The summed E-state index contributed by atoms with van der Waals surface area (Å²) >= 11 is 0. The van der Waals surface area contributed by atoms with Crippen molar-refractivity contribution in [2.75, 3.05) is 18.0 Å². The normalized spacial score (nSPS) is 22.6. The second-order valence-electron chi connectivity index (χ2n) is 5.96. The molecule has 3 rings (SSSR count). The first-order valence-corrected chi connectivity index (χ1v) is 7.58.